The second-order valence-corrected chi connectivity index (χ2v) is 14.7. The molecule has 14 nitrogen and oxygen atoms in total. The number of pyridine rings is 1. The van der Waals surface area contributed by atoms with Gasteiger partial charge in [-0.2, -0.15) is 0 Å². The molecule has 0 aliphatic carbocycles. The van der Waals surface area contributed by atoms with Crippen LogP contribution < -0.4 is 21.3 Å². The molecule has 5 N–H and O–H groups in total. The third kappa shape index (κ3) is 14.7. The number of carbonyl (C=O) groups excluding carboxylic acids is 5. The number of ether oxygens (including phenoxy) is 3. The molecular formula is C41H55N5O9. The highest BCUT2D eigenvalue weighted by Crippen LogP contribution is 2.22. The Morgan fingerprint density at radius 3 is 1.95 bits per heavy atom. The van der Waals surface area contributed by atoms with Crippen LogP contribution in [0.15, 0.2) is 79.0 Å². The average Bonchev–Trinajstić information content (AvgIpc) is 3.16. The molecule has 0 fully saturated rings. The standard InChI is InChI=1S/C41H55N5O9/c1-26(2)38(50)55-22-20-32(45-39(51)53-6)36(48)44-33(24-27-13-9-8-10-14-27)34(47)25-30(43-37(49)35(41(3,4)5)46-40(52)54-7)23-28-16-18-29(19-17-28)31-15-11-12-21-42-31/h8-19,21,26,30,32-35,47H,20,22-25H2,1-7H3,(H,43,49)(H,44,48)(H,45,51)(H,46,52)/t30-,32-,33-,34-,35+/m0/s1. The molecule has 0 radical (unpaired) electrons. The summed E-state index contributed by atoms with van der Waals surface area (Å²) in [4.78, 5) is 68.6. The van der Waals surface area contributed by atoms with Gasteiger partial charge in [0.1, 0.15) is 12.1 Å². The molecule has 0 aliphatic rings. The highest BCUT2D eigenvalue weighted by Gasteiger charge is 2.36. The fourth-order valence-corrected chi connectivity index (χ4v) is 5.76. The van der Waals surface area contributed by atoms with E-state index in [4.69, 9.17) is 14.2 Å². The van der Waals surface area contributed by atoms with Crippen molar-refractivity contribution in [3.63, 3.8) is 0 Å². The summed E-state index contributed by atoms with van der Waals surface area (Å²) in [5.41, 5.74) is 2.66. The first-order valence-corrected chi connectivity index (χ1v) is 18.3. The lowest BCUT2D eigenvalue weighted by atomic mass is 9.85. The van der Waals surface area contributed by atoms with Crippen molar-refractivity contribution in [3.8, 4) is 11.3 Å². The van der Waals surface area contributed by atoms with Crippen LogP contribution in [0.4, 0.5) is 9.59 Å². The topological polar surface area (TPSA) is 194 Å². The molecule has 55 heavy (non-hydrogen) atoms. The Balaban J connectivity index is 1.93. The Morgan fingerprint density at radius 1 is 0.745 bits per heavy atom. The lowest BCUT2D eigenvalue weighted by molar-refractivity contribution is -0.148. The van der Waals surface area contributed by atoms with Crippen molar-refractivity contribution in [1.29, 1.82) is 0 Å². The zero-order valence-electron chi connectivity index (χ0n) is 32.7. The Bertz CT molecular complexity index is 1680. The molecule has 0 spiro atoms. The zero-order chi connectivity index (χ0) is 40.5. The molecule has 1 aromatic heterocycles. The molecule has 14 heteroatoms. The quantitative estimate of drug-likeness (QED) is 0.0920. The van der Waals surface area contributed by atoms with Gasteiger partial charge in [0.2, 0.25) is 11.8 Å². The number of esters is 1. The summed E-state index contributed by atoms with van der Waals surface area (Å²) in [6.07, 6.45) is -0.706. The number of hydrogen-bond acceptors (Lipinski definition) is 10. The number of alkyl carbamates (subject to hydrolysis) is 2. The number of hydrogen-bond donors (Lipinski definition) is 5. The van der Waals surface area contributed by atoms with Gasteiger partial charge in [-0.15, -0.1) is 0 Å². The number of rotatable bonds is 18. The molecule has 1 heterocycles. The first-order chi connectivity index (χ1) is 26.1. The van der Waals surface area contributed by atoms with E-state index < -0.39 is 65.7 Å². The summed E-state index contributed by atoms with van der Waals surface area (Å²) < 4.78 is 14.8. The summed E-state index contributed by atoms with van der Waals surface area (Å²) in [6.45, 7) is 8.64. The summed E-state index contributed by atoms with van der Waals surface area (Å²) in [7, 11) is 2.38. The SMILES string of the molecule is COC(=O)N[C@@H](CCOC(=O)C(C)C)C(=O)N[C@@H](Cc1ccccc1)[C@@H](O)C[C@H](Cc1ccc(-c2ccccn2)cc1)NC(=O)[C@@H](NC(=O)OC)C(C)(C)C. The third-order valence-electron chi connectivity index (χ3n) is 8.85. The van der Waals surface area contributed by atoms with Crippen LogP contribution in [-0.2, 0) is 41.4 Å². The van der Waals surface area contributed by atoms with Crippen LogP contribution in [0.3, 0.4) is 0 Å². The summed E-state index contributed by atoms with van der Waals surface area (Å²) in [5.74, 6) is -1.95. The number of amides is 4. The van der Waals surface area contributed by atoms with Gasteiger partial charge < -0.3 is 40.6 Å². The maximum atomic E-state index is 13.9. The van der Waals surface area contributed by atoms with Crippen molar-refractivity contribution in [1.82, 2.24) is 26.3 Å². The Kier molecular flexibility index (Phi) is 17.1. The number of aromatic nitrogens is 1. The smallest absolute Gasteiger partial charge is 0.407 e. The lowest BCUT2D eigenvalue weighted by Gasteiger charge is -2.33. The van der Waals surface area contributed by atoms with E-state index in [1.807, 2.05) is 72.8 Å². The van der Waals surface area contributed by atoms with Crippen molar-refractivity contribution >= 4 is 30.0 Å². The van der Waals surface area contributed by atoms with Crippen LogP contribution in [0.2, 0.25) is 0 Å². The second-order valence-electron chi connectivity index (χ2n) is 14.7. The second kappa shape index (κ2) is 21.4. The fraction of sp³-hybridized carbons (Fsp3) is 0.463. The van der Waals surface area contributed by atoms with Crippen LogP contribution >= 0.6 is 0 Å². The monoisotopic (exact) mass is 761 g/mol. The minimum Gasteiger partial charge on any atom is -0.465 e. The van der Waals surface area contributed by atoms with Crippen LogP contribution in [-0.4, -0.2) is 91.2 Å². The lowest BCUT2D eigenvalue weighted by Crippen LogP contribution is -2.57. The van der Waals surface area contributed by atoms with Crippen molar-refractivity contribution in [2.75, 3.05) is 20.8 Å². The van der Waals surface area contributed by atoms with Gasteiger partial charge in [-0.1, -0.05) is 95.3 Å². The minimum absolute atomic E-state index is 0.0122. The molecule has 2 aromatic carbocycles. The average molecular weight is 762 g/mol. The van der Waals surface area contributed by atoms with E-state index in [9.17, 15) is 29.1 Å². The number of nitrogens with zero attached hydrogens (tertiary/aromatic N) is 1. The van der Waals surface area contributed by atoms with E-state index >= 15 is 0 Å². The van der Waals surface area contributed by atoms with E-state index in [-0.39, 0.29) is 31.8 Å². The highest BCUT2D eigenvalue weighted by atomic mass is 16.5. The van der Waals surface area contributed by atoms with Gasteiger partial charge in [-0.05, 0) is 47.9 Å². The third-order valence-corrected chi connectivity index (χ3v) is 8.85. The Hall–Kier alpha value is -5.50. The molecule has 4 amide bonds. The van der Waals surface area contributed by atoms with Crippen molar-refractivity contribution < 1.29 is 43.3 Å². The molecule has 298 valence electrons. The maximum Gasteiger partial charge on any atom is 0.407 e. The first kappa shape index (κ1) is 43.9. The fourth-order valence-electron chi connectivity index (χ4n) is 5.76. The molecule has 0 saturated heterocycles. The van der Waals surface area contributed by atoms with Crippen LogP contribution in [0.25, 0.3) is 11.3 Å². The van der Waals surface area contributed by atoms with Gasteiger partial charge in [0.05, 0.1) is 44.6 Å². The minimum atomic E-state index is -1.22. The molecule has 5 atom stereocenters. The molecule has 0 bridgehead atoms. The van der Waals surface area contributed by atoms with Crippen molar-refractivity contribution in [2.45, 2.75) is 90.6 Å². The van der Waals surface area contributed by atoms with E-state index in [1.165, 1.54) is 7.11 Å². The van der Waals surface area contributed by atoms with Gasteiger partial charge in [-0.3, -0.25) is 19.4 Å². The Morgan fingerprint density at radius 2 is 1.36 bits per heavy atom. The van der Waals surface area contributed by atoms with E-state index in [0.29, 0.717) is 6.42 Å². The maximum absolute atomic E-state index is 13.9. The molecule has 0 unspecified atom stereocenters. The predicted molar refractivity (Wildman–Crippen MR) is 207 cm³/mol. The largest absolute Gasteiger partial charge is 0.465 e. The molecule has 3 aromatic rings. The number of methoxy groups -OCH3 is 2. The molecule has 3 rings (SSSR count). The molecular weight excluding hydrogens is 706 g/mol. The number of nitrogens with one attached hydrogen (secondary N) is 4. The predicted octanol–water partition coefficient (Wildman–Crippen LogP) is 4.34. The molecule has 0 saturated carbocycles. The van der Waals surface area contributed by atoms with Crippen molar-refractivity contribution in [2.24, 2.45) is 11.3 Å². The van der Waals surface area contributed by atoms with Crippen LogP contribution in [0.1, 0.15) is 58.6 Å². The van der Waals surface area contributed by atoms with E-state index in [1.54, 1.807) is 40.8 Å². The normalized spacial score (nSPS) is 14.0. The molecule has 0 aliphatic heterocycles. The van der Waals surface area contributed by atoms with Gasteiger partial charge >= 0.3 is 18.2 Å². The first-order valence-electron chi connectivity index (χ1n) is 18.3. The number of aliphatic hydroxyl groups excluding tert-OH is 1. The van der Waals surface area contributed by atoms with Crippen LogP contribution in [0.5, 0.6) is 0 Å². The van der Waals surface area contributed by atoms with Crippen molar-refractivity contribution in [3.05, 3.63) is 90.1 Å². The Labute approximate surface area is 323 Å². The van der Waals surface area contributed by atoms with Gasteiger partial charge in [-0.25, -0.2) is 9.59 Å². The summed E-state index contributed by atoms with van der Waals surface area (Å²) >= 11 is 0. The van der Waals surface area contributed by atoms with Gasteiger partial charge in [0, 0.05) is 24.2 Å². The van der Waals surface area contributed by atoms with Gasteiger partial charge in [0.15, 0.2) is 0 Å². The zero-order valence-corrected chi connectivity index (χ0v) is 32.7. The van der Waals surface area contributed by atoms with E-state index in [0.717, 1.165) is 29.5 Å². The number of carbonyl (C=O) groups is 5. The highest BCUT2D eigenvalue weighted by molar-refractivity contribution is 5.87. The van der Waals surface area contributed by atoms with E-state index in [2.05, 4.69) is 26.3 Å². The van der Waals surface area contributed by atoms with Gasteiger partial charge in [0.25, 0.3) is 0 Å². The number of benzene rings is 2. The van der Waals surface area contributed by atoms with Crippen LogP contribution in [0, 0.1) is 11.3 Å². The number of aliphatic hydroxyl groups is 1. The summed E-state index contributed by atoms with van der Waals surface area (Å²) in [6, 6.07) is 18.8. The summed E-state index contributed by atoms with van der Waals surface area (Å²) in [5, 5.41) is 23.0.